The van der Waals surface area contributed by atoms with Crippen molar-refractivity contribution in [3.05, 3.63) is 60.6 Å². The van der Waals surface area contributed by atoms with Crippen LogP contribution in [-0.2, 0) is 0 Å². The average molecular weight is 327 g/mol. The molecule has 2 aromatic heterocycles. The zero-order valence-electron chi connectivity index (χ0n) is 12.8. The molecule has 0 unspecified atom stereocenters. The van der Waals surface area contributed by atoms with Crippen molar-refractivity contribution in [1.82, 2.24) is 19.7 Å². The molecule has 3 aromatic rings. The van der Waals surface area contributed by atoms with E-state index in [9.17, 15) is 9.18 Å². The Kier molecular flexibility index (Phi) is 4.46. The van der Waals surface area contributed by atoms with Gasteiger partial charge < -0.3 is 10.1 Å². The van der Waals surface area contributed by atoms with Gasteiger partial charge in [-0.05, 0) is 31.2 Å². The maximum absolute atomic E-state index is 13.9. The van der Waals surface area contributed by atoms with Crippen LogP contribution in [0.5, 0.6) is 5.75 Å². The number of hydrogen-bond donors (Lipinski definition) is 1. The molecule has 1 N–H and O–H groups in total. The number of para-hydroxylation sites is 1. The Morgan fingerprint density at radius 2 is 2.21 bits per heavy atom. The van der Waals surface area contributed by atoms with Crippen molar-refractivity contribution < 1.29 is 13.9 Å². The predicted molar refractivity (Wildman–Crippen MR) is 84.7 cm³/mol. The van der Waals surface area contributed by atoms with Gasteiger partial charge in [0.15, 0.2) is 17.4 Å². The number of carbonyl (C=O) groups is 1. The summed E-state index contributed by atoms with van der Waals surface area (Å²) in [5.41, 5.74) is 0.518. The maximum atomic E-state index is 13.9. The Labute approximate surface area is 137 Å². The molecular formula is C16H14FN5O2. The molecule has 0 fully saturated rings. The summed E-state index contributed by atoms with van der Waals surface area (Å²) in [4.78, 5) is 20.6. The van der Waals surface area contributed by atoms with Crippen LogP contribution in [0.3, 0.4) is 0 Å². The molecule has 0 aliphatic rings. The van der Waals surface area contributed by atoms with Gasteiger partial charge in [0.2, 0.25) is 0 Å². The number of halogens is 1. The van der Waals surface area contributed by atoms with Crippen LogP contribution in [0, 0.1) is 5.82 Å². The highest BCUT2D eigenvalue weighted by atomic mass is 19.1. The maximum Gasteiger partial charge on any atom is 0.259 e. The summed E-state index contributed by atoms with van der Waals surface area (Å²) >= 11 is 0. The van der Waals surface area contributed by atoms with Crippen LogP contribution in [0.15, 0.2) is 49.2 Å². The number of ether oxygens (including phenoxy) is 1. The fourth-order valence-corrected chi connectivity index (χ4v) is 2.16. The smallest absolute Gasteiger partial charge is 0.259 e. The summed E-state index contributed by atoms with van der Waals surface area (Å²) < 4.78 is 20.6. The molecule has 8 heteroatoms. The van der Waals surface area contributed by atoms with Gasteiger partial charge in [0.1, 0.15) is 12.7 Å². The van der Waals surface area contributed by atoms with Gasteiger partial charge in [0.25, 0.3) is 5.91 Å². The third kappa shape index (κ3) is 3.07. The standard InChI is InChI=1S/C16H14FN5O2/c1-2-24-14-11(5-3-6-12(14)17)16(23)21-13-7-4-8-19-15(13)22-10-18-9-20-22/h3-10H,2H2,1H3,(H,21,23). The van der Waals surface area contributed by atoms with Crippen molar-refractivity contribution in [2.24, 2.45) is 0 Å². The Morgan fingerprint density at radius 3 is 2.96 bits per heavy atom. The lowest BCUT2D eigenvalue weighted by Gasteiger charge is -2.13. The van der Waals surface area contributed by atoms with Crippen molar-refractivity contribution in [1.29, 1.82) is 0 Å². The Balaban J connectivity index is 1.93. The van der Waals surface area contributed by atoms with Crippen LogP contribution in [0.1, 0.15) is 17.3 Å². The molecule has 0 atom stereocenters. The third-order valence-electron chi connectivity index (χ3n) is 3.17. The number of carbonyl (C=O) groups excluding carboxylic acids is 1. The SMILES string of the molecule is CCOc1c(F)cccc1C(=O)Nc1cccnc1-n1cncn1. The summed E-state index contributed by atoms with van der Waals surface area (Å²) in [5.74, 6) is -0.777. The fraction of sp³-hybridized carbons (Fsp3) is 0.125. The molecule has 0 spiro atoms. The van der Waals surface area contributed by atoms with Crippen LogP contribution in [0.25, 0.3) is 5.82 Å². The van der Waals surface area contributed by atoms with Gasteiger partial charge in [-0.1, -0.05) is 6.07 Å². The van der Waals surface area contributed by atoms with E-state index in [1.165, 1.54) is 35.5 Å². The van der Waals surface area contributed by atoms with E-state index in [0.29, 0.717) is 11.5 Å². The Bertz CT molecular complexity index is 851. The predicted octanol–water partition coefficient (Wildman–Crippen LogP) is 2.45. The average Bonchev–Trinajstić information content (AvgIpc) is 3.11. The number of anilines is 1. The van der Waals surface area contributed by atoms with Crippen molar-refractivity contribution in [3.8, 4) is 11.6 Å². The van der Waals surface area contributed by atoms with E-state index in [0.717, 1.165) is 0 Å². The van der Waals surface area contributed by atoms with Gasteiger partial charge >= 0.3 is 0 Å². The first-order valence-electron chi connectivity index (χ1n) is 7.23. The van der Waals surface area contributed by atoms with E-state index in [1.54, 1.807) is 25.3 Å². The minimum absolute atomic E-state index is 0.0799. The van der Waals surface area contributed by atoms with Gasteiger partial charge in [-0.25, -0.2) is 19.0 Å². The number of benzene rings is 1. The molecule has 0 saturated carbocycles. The van der Waals surface area contributed by atoms with Crippen LogP contribution in [0.4, 0.5) is 10.1 Å². The number of nitrogens with one attached hydrogen (secondary N) is 1. The fourth-order valence-electron chi connectivity index (χ4n) is 2.16. The first-order valence-corrected chi connectivity index (χ1v) is 7.23. The van der Waals surface area contributed by atoms with E-state index in [2.05, 4.69) is 20.4 Å². The monoisotopic (exact) mass is 327 g/mol. The van der Waals surface area contributed by atoms with E-state index in [1.807, 2.05) is 0 Å². The molecule has 1 amide bonds. The molecule has 122 valence electrons. The first kappa shape index (κ1) is 15.6. The lowest BCUT2D eigenvalue weighted by molar-refractivity contribution is 0.102. The normalized spacial score (nSPS) is 10.4. The zero-order chi connectivity index (χ0) is 16.9. The number of rotatable bonds is 5. The highest BCUT2D eigenvalue weighted by Crippen LogP contribution is 2.25. The number of amides is 1. The molecule has 0 saturated heterocycles. The Hall–Kier alpha value is -3.29. The van der Waals surface area contributed by atoms with E-state index >= 15 is 0 Å². The second-order valence-electron chi connectivity index (χ2n) is 4.72. The van der Waals surface area contributed by atoms with Gasteiger partial charge in [-0.2, -0.15) is 5.10 Å². The molecular weight excluding hydrogens is 313 g/mol. The number of nitrogens with zero attached hydrogens (tertiary/aromatic N) is 4. The molecule has 24 heavy (non-hydrogen) atoms. The van der Waals surface area contributed by atoms with Crippen LogP contribution in [0.2, 0.25) is 0 Å². The topological polar surface area (TPSA) is 81.9 Å². The van der Waals surface area contributed by atoms with Gasteiger partial charge in [-0.3, -0.25) is 4.79 Å². The summed E-state index contributed by atoms with van der Waals surface area (Å²) in [6, 6.07) is 7.53. The molecule has 3 rings (SSSR count). The molecule has 0 radical (unpaired) electrons. The van der Waals surface area contributed by atoms with Crippen LogP contribution >= 0.6 is 0 Å². The second-order valence-corrected chi connectivity index (χ2v) is 4.72. The van der Waals surface area contributed by atoms with Gasteiger partial charge in [-0.15, -0.1) is 0 Å². The molecule has 0 aliphatic carbocycles. The number of pyridine rings is 1. The van der Waals surface area contributed by atoms with Crippen molar-refractivity contribution in [2.45, 2.75) is 6.92 Å². The molecule has 7 nitrogen and oxygen atoms in total. The second kappa shape index (κ2) is 6.86. The minimum atomic E-state index is -0.591. The van der Waals surface area contributed by atoms with Crippen molar-refractivity contribution in [3.63, 3.8) is 0 Å². The first-order chi connectivity index (χ1) is 11.7. The van der Waals surface area contributed by atoms with Crippen LogP contribution in [-0.4, -0.2) is 32.3 Å². The Morgan fingerprint density at radius 1 is 1.33 bits per heavy atom. The lowest BCUT2D eigenvalue weighted by atomic mass is 10.1. The largest absolute Gasteiger partial charge is 0.490 e. The van der Waals surface area contributed by atoms with Gasteiger partial charge in [0.05, 0.1) is 17.9 Å². The van der Waals surface area contributed by atoms with E-state index < -0.39 is 11.7 Å². The molecule has 1 aromatic carbocycles. The third-order valence-corrected chi connectivity index (χ3v) is 3.17. The van der Waals surface area contributed by atoms with Crippen LogP contribution < -0.4 is 10.1 Å². The summed E-state index contributed by atoms with van der Waals surface area (Å²) in [5, 5.41) is 6.70. The van der Waals surface area contributed by atoms with Crippen molar-refractivity contribution >= 4 is 11.6 Å². The molecule has 0 aliphatic heterocycles. The zero-order valence-corrected chi connectivity index (χ0v) is 12.8. The minimum Gasteiger partial charge on any atom is -0.490 e. The summed E-state index contributed by atoms with van der Waals surface area (Å²) in [6.45, 7) is 1.97. The highest BCUT2D eigenvalue weighted by molar-refractivity contribution is 6.06. The number of hydrogen-bond acceptors (Lipinski definition) is 5. The molecule has 2 heterocycles. The lowest BCUT2D eigenvalue weighted by Crippen LogP contribution is -2.16. The number of aromatic nitrogens is 4. The summed E-state index contributed by atoms with van der Waals surface area (Å²) in [6.07, 6.45) is 4.40. The quantitative estimate of drug-likeness (QED) is 0.778. The van der Waals surface area contributed by atoms with E-state index in [4.69, 9.17) is 4.74 Å². The summed E-state index contributed by atoms with van der Waals surface area (Å²) in [7, 11) is 0. The van der Waals surface area contributed by atoms with Crippen molar-refractivity contribution in [2.75, 3.05) is 11.9 Å². The van der Waals surface area contributed by atoms with Gasteiger partial charge in [0, 0.05) is 6.20 Å². The van der Waals surface area contributed by atoms with E-state index in [-0.39, 0.29) is 17.9 Å². The molecule has 0 bridgehead atoms. The highest BCUT2D eigenvalue weighted by Gasteiger charge is 2.18.